The van der Waals surface area contributed by atoms with E-state index in [1.54, 1.807) is 7.05 Å². The Labute approximate surface area is 117 Å². The van der Waals surface area contributed by atoms with Crippen molar-refractivity contribution in [2.75, 3.05) is 5.73 Å². The molecular formula is C9H11BrN4O2S2. The molecule has 6 nitrogen and oxygen atoms in total. The Kier molecular flexibility index (Phi) is 3.76. The number of aryl methyl sites for hydroxylation is 1. The van der Waals surface area contributed by atoms with Crippen LogP contribution in [0.3, 0.4) is 0 Å². The van der Waals surface area contributed by atoms with Gasteiger partial charge in [0.1, 0.15) is 0 Å². The van der Waals surface area contributed by atoms with Crippen LogP contribution in [0.2, 0.25) is 0 Å². The summed E-state index contributed by atoms with van der Waals surface area (Å²) in [4.78, 5) is 4.66. The van der Waals surface area contributed by atoms with E-state index in [1.165, 1.54) is 22.2 Å². The molecular weight excluding hydrogens is 340 g/mol. The monoisotopic (exact) mass is 350 g/mol. The topological polar surface area (TPSA) is 90.0 Å². The molecule has 0 saturated carbocycles. The summed E-state index contributed by atoms with van der Waals surface area (Å²) >= 11 is 4.81. The number of anilines is 1. The number of nitrogen functional groups attached to an aromatic ring is 1. The molecule has 0 atom stereocenters. The molecule has 0 aliphatic rings. The molecule has 2 rings (SSSR count). The van der Waals surface area contributed by atoms with Crippen LogP contribution in [0.15, 0.2) is 27.3 Å². The minimum absolute atomic E-state index is 0.00440. The molecule has 2 aromatic rings. The fourth-order valence-corrected chi connectivity index (χ4v) is 4.19. The Bertz CT molecular complexity index is 642. The highest BCUT2D eigenvalue weighted by Gasteiger charge is 2.22. The van der Waals surface area contributed by atoms with Crippen LogP contribution in [0, 0.1) is 0 Å². The summed E-state index contributed by atoms with van der Waals surface area (Å²) in [6.45, 7) is 0.213. The van der Waals surface area contributed by atoms with Gasteiger partial charge in [0.05, 0.1) is 6.33 Å². The van der Waals surface area contributed by atoms with Crippen molar-refractivity contribution in [1.29, 1.82) is 0 Å². The van der Waals surface area contributed by atoms with E-state index >= 15 is 0 Å². The highest BCUT2D eigenvalue weighted by atomic mass is 79.9. The predicted octanol–water partition coefficient (Wildman–Crippen LogP) is 1.30. The molecule has 0 aromatic carbocycles. The van der Waals surface area contributed by atoms with E-state index in [2.05, 4.69) is 25.6 Å². The molecule has 0 fully saturated rings. The van der Waals surface area contributed by atoms with Gasteiger partial charge in [-0.3, -0.25) is 0 Å². The Morgan fingerprint density at radius 3 is 2.83 bits per heavy atom. The van der Waals surface area contributed by atoms with Crippen molar-refractivity contribution in [1.82, 2.24) is 14.3 Å². The minimum Gasteiger partial charge on any atom is -0.381 e. The van der Waals surface area contributed by atoms with Gasteiger partial charge in [0.25, 0.3) is 10.0 Å². The molecule has 98 valence electrons. The van der Waals surface area contributed by atoms with Crippen LogP contribution in [-0.4, -0.2) is 18.0 Å². The Morgan fingerprint density at radius 1 is 1.61 bits per heavy atom. The number of imidazole rings is 1. The normalized spacial score (nSPS) is 11.9. The summed E-state index contributed by atoms with van der Waals surface area (Å²) in [6, 6.07) is 1.87. The van der Waals surface area contributed by atoms with E-state index in [0.29, 0.717) is 0 Å². The third-order valence-corrected chi connectivity index (χ3v) is 5.73. The van der Waals surface area contributed by atoms with Crippen LogP contribution in [0.25, 0.3) is 0 Å². The standard InChI is InChI=1S/C9H11BrN4O2S2/c1-14-5-12-8(11)9(14)18(15,16)13-4-7-6(10)2-3-17-7/h2-3,5,13H,4,11H2,1H3. The first-order valence-corrected chi connectivity index (χ1v) is 8.05. The van der Waals surface area contributed by atoms with Crippen LogP contribution in [0.4, 0.5) is 5.82 Å². The highest BCUT2D eigenvalue weighted by molar-refractivity contribution is 9.10. The zero-order chi connectivity index (χ0) is 13.3. The van der Waals surface area contributed by atoms with Gasteiger partial charge in [-0.15, -0.1) is 11.3 Å². The Balaban J connectivity index is 2.21. The molecule has 2 heterocycles. The summed E-state index contributed by atoms with van der Waals surface area (Å²) in [5.41, 5.74) is 5.55. The lowest BCUT2D eigenvalue weighted by atomic mass is 10.5. The van der Waals surface area contributed by atoms with Crippen LogP contribution in [0.5, 0.6) is 0 Å². The second-order valence-corrected chi connectivity index (χ2v) is 7.10. The minimum atomic E-state index is -3.66. The first kappa shape index (κ1) is 13.5. The first-order valence-electron chi connectivity index (χ1n) is 4.90. The maximum atomic E-state index is 12.1. The summed E-state index contributed by atoms with van der Waals surface area (Å²) in [7, 11) is -2.08. The van der Waals surface area contributed by atoms with Crippen LogP contribution in [-0.2, 0) is 23.6 Å². The molecule has 0 spiro atoms. The molecule has 0 saturated heterocycles. The summed E-state index contributed by atoms with van der Waals surface area (Å²) in [5.74, 6) is -0.00440. The first-order chi connectivity index (χ1) is 8.42. The SMILES string of the molecule is Cn1cnc(N)c1S(=O)(=O)NCc1sccc1Br. The lowest BCUT2D eigenvalue weighted by Crippen LogP contribution is -2.25. The molecule has 9 heteroatoms. The smallest absolute Gasteiger partial charge is 0.260 e. The van der Waals surface area contributed by atoms with Crippen LogP contribution in [0.1, 0.15) is 4.88 Å². The van der Waals surface area contributed by atoms with Gasteiger partial charge in [-0.05, 0) is 27.4 Å². The molecule has 3 N–H and O–H groups in total. The van der Waals surface area contributed by atoms with Gasteiger partial charge in [0.15, 0.2) is 10.8 Å². The Hall–Kier alpha value is -0.900. The van der Waals surface area contributed by atoms with Gasteiger partial charge >= 0.3 is 0 Å². The van der Waals surface area contributed by atoms with Gasteiger partial charge in [0, 0.05) is 22.9 Å². The summed E-state index contributed by atoms with van der Waals surface area (Å²) in [6.07, 6.45) is 1.37. The zero-order valence-electron chi connectivity index (χ0n) is 9.42. The molecule has 18 heavy (non-hydrogen) atoms. The van der Waals surface area contributed by atoms with Gasteiger partial charge < -0.3 is 10.3 Å². The van der Waals surface area contributed by atoms with Crippen molar-refractivity contribution < 1.29 is 8.42 Å². The molecule has 0 unspecified atom stereocenters. The van der Waals surface area contributed by atoms with E-state index in [4.69, 9.17) is 5.73 Å². The van der Waals surface area contributed by atoms with Crippen LogP contribution < -0.4 is 10.5 Å². The number of hydrogen-bond donors (Lipinski definition) is 2. The predicted molar refractivity (Wildman–Crippen MR) is 73.7 cm³/mol. The number of sulfonamides is 1. The largest absolute Gasteiger partial charge is 0.381 e. The fraction of sp³-hybridized carbons (Fsp3) is 0.222. The van der Waals surface area contributed by atoms with E-state index in [1.807, 2.05) is 11.4 Å². The Morgan fingerprint density at radius 2 is 2.33 bits per heavy atom. The number of rotatable bonds is 4. The number of halogens is 1. The average molecular weight is 351 g/mol. The molecule has 0 bridgehead atoms. The van der Waals surface area contributed by atoms with Crippen molar-refractivity contribution in [3.05, 3.63) is 27.1 Å². The van der Waals surface area contributed by atoms with Crippen molar-refractivity contribution in [2.24, 2.45) is 7.05 Å². The van der Waals surface area contributed by atoms with Gasteiger partial charge in [-0.25, -0.2) is 18.1 Å². The fourth-order valence-electron chi connectivity index (χ4n) is 1.44. The molecule has 0 aliphatic heterocycles. The van der Waals surface area contributed by atoms with Gasteiger partial charge in [-0.1, -0.05) is 0 Å². The van der Waals surface area contributed by atoms with Gasteiger partial charge in [-0.2, -0.15) is 0 Å². The third kappa shape index (κ3) is 2.58. The van der Waals surface area contributed by atoms with Crippen molar-refractivity contribution in [3.8, 4) is 0 Å². The lowest BCUT2D eigenvalue weighted by Gasteiger charge is -2.07. The summed E-state index contributed by atoms with van der Waals surface area (Å²) in [5, 5.41) is 1.86. The number of hydrogen-bond acceptors (Lipinski definition) is 5. The van der Waals surface area contributed by atoms with E-state index in [9.17, 15) is 8.42 Å². The van der Waals surface area contributed by atoms with Crippen molar-refractivity contribution in [2.45, 2.75) is 11.6 Å². The molecule has 0 amide bonds. The van der Waals surface area contributed by atoms with Crippen LogP contribution >= 0.6 is 27.3 Å². The van der Waals surface area contributed by atoms with E-state index in [-0.39, 0.29) is 17.4 Å². The summed E-state index contributed by atoms with van der Waals surface area (Å²) < 4.78 is 28.9. The molecule has 0 radical (unpaired) electrons. The highest BCUT2D eigenvalue weighted by Crippen LogP contribution is 2.23. The third-order valence-electron chi connectivity index (χ3n) is 2.28. The molecule has 2 aromatic heterocycles. The second-order valence-electron chi connectivity index (χ2n) is 3.56. The quantitative estimate of drug-likeness (QED) is 0.869. The zero-order valence-corrected chi connectivity index (χ0v) is 12.6. The lowest BCUT2D eigenvalue weighted by molar-refractivity contribution is 0.572. The number of nitrogens with two attached hydrogens (primary N) is 1. The van der Waals surface area contributed by atoms with E-state index < -0.39 is 10.0 Å². The van der Waals surface area contributed by atoms with Crippen molar-refractivity contribution in [3.63, 3.8) is 0 Å². The second kappa shape index (κ2) is 5.00. The molecule has 0 aliphatic carbocycles. The van der Waals surface area contributed by atoms with E-state index in [0.717, 1.165) is 9.35 Å². The average Bonchev–Trinajstić information content (AvgIpc) is 2.83. The maximum absolute atomic E-state index is 12.1. The van der Waals surface area contributed by atoms with Gasteiger partial charge in [0.2, 0.25) is 0 Å². The number of nitrogens with zero attached hydrogens (tertiary/aromatic N) is 2. The number of thiophene rings is 1. The van der Waals surface area contributed by atoms with Crippen molar-refractivity contribution >= 4 is 43.1 Å². The maximum Gasteiger partial charge on any atom is 0.260 e. The number of nitrogens with one attached hydrogen (secondary N) is 1. The number of aromatic nitrogens is 2.